The van der Waals surface area contributed by atoms with E-state index in [1.807, 2.05) is 18.2 Å². The molecule has 1 atom stereocenters. The van der Waals surface area contributed by atoms with E-state index in [0.29, 0.717) is 13.1 Å². The Bertz CT molecular complexity index is 727. The van der Waals surface area contributed by atoms with Gasteiger partial charge in [-0.15, -0.1) is 0 Å². The van der Waals surface area contributed by atoms with Crippen molar-refractivity contribution in [1.82, 2.24) is 10.6 Å². The van der Waals surface area contributed by atoms with E-state index in [1.54, 1.807) is 0 Å². The van der Waals surface area contributed by atoms with Crippen molar-refractivity contribution in [2.75, 3.05) is 19.7 Å². The molecule has 0 aliphatic heterocycles. The van der Waals surface area contributed by atoms with Crippen LogP contribution >= 0.6 is 0 Å². The number of aliphatic hydroxyl groups excluding tert-OH is 1. The molecule has 0 fully saturated rings. The molecule has 2 aromatic carbocycles. The highest BCUT2D eigenvalue weighted by molar-refractivity contribution is 5.79. The first-order valence-electron chi connectivity index (χ1n) is 9.58. The molecule has 138 valence electrons. The molecule has 0 bridgehead atoms. The van der Waals surface area contributed by atoms with Crippen molar-refractivity contribution in [2.24, 2.45) is 4.99 Å². The SMILES string of the molecule is CCNC(=NCc1ccc2c(c1)CCC2)NCC(CO)c1ccccc1. The van der Waals surface area contributed by atoms with Crippen LogP contribution in [0.5, 0.6) is 0 Å². The molecule has 0 saturated heterocycles. The second-order valence-corrected chi connectivity index (χ2v) is 6.82. The van der Waals surface area contributed by atoms with Gasteiger partial charge in [-0.3, -0.25) is 0 Å². The minimum atomic E-state index is 0.0556. The zero-order chi connectivity index (χ0) is 18.2. The molecule has 1 aliphatic carbocycles. The molecule has 4 heteroatoms. The van der Waals surface area contributed by atoms with Crippen LogP contribution in [0.25, 0.3) is 0 Å². The normalized spacial score (nSPS) is 14.8. The lowest BCUT2D eigenvalue weighted by Gasteiger charge is -2.18. The van der Waals surface area contributed by atoms with Gasteiger partial charge in [0.15, 0.2) is 5.96 Å². The van der Waals surface area contributed by atoms with Crippen LogP contribution in [-0.4, -0.2) is 30.8 Å². The Hall–Kier alpha value is -2.33. The summed E-state index contributed by atoms with van der Waals surface area (Å²) in [5.41, 5.74) is 5.37. The molecule has 26 heavy (non-hydrogen) atoms. The predicted octanol–water partition coefficient (Wildman–Crippen LogP) is 3.01. The number of hydrogen-bond acceptors (Lipinski definition) is 2. The second-order valence-electron chi connectivity index (χ2n) is 6.82. The average molecular weight is 351 g/mol. The van der Waals surface area contributed by atoms with Gasteiger partial charge >= 0.3 is 0 Å². The van der Waals surface area contributed by atoms with Gasteiger partial charge in [0.05, 0.1) is 13.2 Å². The van der Waals surface area contributed by atoms with E-state index in [9.17, 15) is 5.11 Å². The van der Waals surface area contributed by atoms with E-state index in [2.05, 4.69) is 47.9 Å². The number of aliphatic imine (C=N–C) groups is 1. The van der Waals surface area contributed by atoms with Crippen LogP contribution in [0.2, 0.25) is 0 Å². The third-order valence-electron chi connectivity index (χ3n) is 4.93. The zero-order valence-corrected chi connectivity index (χ0v) is 15.5. The molecule has 0 radical (unpaired) electrons. The summed E-state index contributed by atoms with van der Waals surface area (Å²) in [5.74, 6) is 0.849. The molecular formula is C22H29N3O. The number of benzene rings is 2. The maximum atomic E-state index is 9.72. The van der Waals surface area contributed by atoms with Crippen molar-refractivity contribution in [2.45, 2.75) is 38.6 Å². The highest BCUT2D eigenvalue weighted by Gasteiger charge is 2.12. The molecule has 0 amide bonds. The Morgan fingerprint density at radius 1 is 1.08 bits per heavy atom. The maximum absolute atomic E-state index is 9.72. The van der Waals surface area contributed by atoms with Crippen molar-refractivity contribution >= 4 is 5.96 Å². The zero-order valence-electron chi connectivity index (χ0n) is 15.5. The summed E-state index contributed by atoms with van der Waals surface area (Å²) in [6, 6.07) is 16.9. The molecule has 1 unspecified atom stereocenters. The monoisotopic (exact) mass is 351 g/mol. The first-order chi connectivity index (χ1) is 12.8. The minimum absolute atomic E-state index is 0.0556. The third kappa shape index (κ3) is 4.85. The first kappa shape index (κ1) is 18.5. The summed E-state index contributed by atoms with van der Waals surface area (Å²) in [7, 11) is 0. The highest BCUT2D eigenvalue weighted by atomic mass is 16.3. The number of guanidine groups is 1. The maximum Gasteiger partial charge on any atom is 0.191 e. The Morgan fingerprint density at radius 3 is 2.65 bits per heavy atom. The molecule has 3 rings (SSSR count). The molecule has 1 aliphatic rings. The van der Waals surface area contributed by atoms with Crippen molar-refractivity contribution in [3.05, 3.63) is 70.8 Å². The summed E-state index contributed by atoms with van der Waals surface area (Å²) in [6.45, 7) is 4.30. The summed E-state index contributed by atoms with van der Waals surface area (Å²) < 4.78 is 0. The second kappa shape index (κ2) is 9.39. The summed E-state index contributed by atoms with van der Waals surface area (Å²) in [5, 5.41) is 16.4. The topological polar surface area (TPSA) is 56.7 Å². The summed E-state index contributed by atoms with van der Waals surface area (Å²) in [6.07, 6.45) is 3.68. The molecule has 2 aromatic rings. The molecular weight excluding hydrogens is 322 g/mol. The van der Waals surface area contributed by atoms with Crippen molar-refractivity contribution in [3.63, 3.8) is 0 Å². The summed E-state index contributed by atoms with van der Waals surface area (Å²) in [4.78, 5) is 4.72. The van der Waals surface area contributed by atoms with Gasteiger partial charge in [0, 0.05) is 19.0 Å². The van der Waals surface area contributed by atoms with Crippen molar-refractivity contribution in [1.29, 1.82) is 0 Å². The lowest BCUT2D eigenvalue weighted by molar-refractivity contribution is 0.265. The number of fused-ring (bicyclic) bond motifs is 1. The number of nitrogens with zero attached hydrogens (tertiary/aromatic N) is 1. The van der Waals surface area contributed by atoms with Gasteiger partial charge in [0.25, 0.3) is 0 Å². The number of rotatable bonds is 7. The standard InChI is InChI=1S/C22H29N3O/c1-2-23-22(25-15-21(16-26)18-7-4-3-5-8-18)24-14-17-11-12-19-9-6-10-20(19)13-17/h3-5,7-8,11-13,21,26H,2,6,9-10,14-16H2,1H3,(H2,23,24,25). The largest absolute Gasteiger partial charge is 0.396 e. The molecule has 3 N–H and O–H groups in total. The smallest absolute Gasteiger partial charge is 0.191 e. The lowest BCUT2D eigenvalue weighted by atomic mass is 10.0. The quantitative estimate of drug-likeness (QED) is 0.531. The molecule has 0 heterocycles. The van der Waals surface area contributed by atoms with E-state index in [1.165, 1.54) is 36.0 Å². The Kier molecular flexibility index (Phi) is 6.67. The van der Waals surface area contributed by atoms with Gasteiger partial charge in [0.2, 0.25) is 0 Å². The summed E-state index contributed by atoms with van der Waals surface area (Å²) >= 11 is 0. The Morgan fingerprint density at radius 2 is 1.88 bits per heavy atom. The molecule has 0 spiro atoms. The van der Waals surface area contributed by atoms with Crippen LogP contribution in [0, 0.1) is 0 Å². The van der Waals surface area contributed by atoms with E-state index in [-0.39, 0.29) is 12.5 Å². The van der Waals surface area contributed by atoms with Gasteiger partial charge < -0.3 is 15.7 Å². The van der Waals surface area contributed by atoms with Crippen LogP contribution in [0.15, 0.2) is 53.5 Å². The van der Waals surface area contributed by atoms with Crippen LogP contribution < -0.4 is 10.6 Å². The van der Waals surface area contributed by atoms with Gasteiger partial charge in [-0.05, 0) is 48.4 Å². The van der Waals surface area contributed by atoms with Crippen LogP contribution in [0.3, 0.4) is 0 Å². The number of aliphatic hydroxyl groups is 1. The van der Waals surface area contributed by atoms with E-state index in [4.69, 9.17) is 4.99 Å². The fourth-order valence-corrected chi connectivity index (χ4v) is 3.47. The van der Waals surface area contributed by atoms with Crippen LogP contribution in [-0.2, 0) is 19.4 Å². The third-order valence-corrected chi connectivity index (χ3v) is 4.93. The first-order valence-corrected chi connectivity index (χ1v) is 9.58. The van der Waals surface area contributed by atoms with Crippen molar-refractivity contribution < 1.29 is 5.11 Å². The highest BCUT2D eigenvalue weighted by Crippen LogP contribution is 2.23. The number of aryl methyl sites for hydroxylation is 2. The van der Waals surface area contributed by atoms with Gasteiger partial charge in [-0.2, -0.15) is 0 Å². The predicted molar refractivity (Wildman–Crippen MR) is 108 cm³/mol. The fraction of sp³-hybridized carbons (Fsp3) is 0.409. The van der Waals surface area contributed by atoms with Gasteiger partial charge in [-0.1, -0.05) is 48.5 Å². The van der Waals surface area contributed by atoms with E-state index in [0.717, 1.165) is 18.1 Å². The molecule has 0 saturated carbocycles. The number of hydrogen-bond donors (Lipinski definition) is 3. The minimum Gasteiger partial charge on any atom is -0.396 e. The average Bonchev–Trinajstić information content (AvgIpc) is 3.15. The van der Waals surface area contributed by atoms with Crippen LogP contribution in [0.1, 0.15) is 41.5 Å². The fourth-order valence-electron chi connectivity index (χ4n) is 3.47. The molecule has 4 nitrogen and oxygen atoms in total. The molecule has 0 aromatic heterocycles. The van der Waals surface area contributed by atoms with Crippen LogP contribution in [0.4, 0.5) is 0 Å². The van der Waals surface area contributed by atoms with E-state index < -0.39 is 0 Å². The van der Waals surface area contributed by atoms with Crippen molar-refractivity contribution in [3.8, 4) is 0 Å². The number of nitrogens with one attached hydrogen (secondary N) is 2. The lowest BCUT2D eigenvalue weighted by Crippen LogP contribution is -2.39. The van der Waals surface area contributed by atoms with Gasteiger partial charge in [0.1, 0.15) is 0 Å². The Balaban J connectivity index is 1.61. The van der Waals surface area contributed by atoms with E-state index >= 15 is 0 Å². The van der Waals surface area contributed by atoms with Gasteiger partial charge in [-0.25, -0.2) is 4.99 Å². The Labute approximate surface area is 156 Å².